The number of alkyl halides is 3. The molecule has 0 aliphatic rings. The zero-order valence-corrected chi connectivity index (χ0v) is 11.4. The number of carbonyl (C=O) groups is 1. The average Bonchev–Trinajstić information content (AvgIpc) is 2.85. The first-order valence-corrected chi connectivity index (χ1v) is 6.72. The lowest BCUT2D eigenvalue weighted by molar-refractivity contribution is -0.138. The number of rotatable bonds is 3. The highest BCUT2D eigenvalue weighted by Gasteiger charge is 2.33. The van der Waals surface area contributed by atoms with Crippen LogP contribution in [0.3, 0.4) is 0 Å². The van der Waals surface area contributed by atoms with E-state index in [1.807, 2.05) is 6.07 Å². The summed E-state index contributed by atoms with van der Waals surface area (Å²) in [5, 5.41) is 13.2. The molecule has 0 fully saturated rings. The number of amides is 1. The van der Waals surface area contributed by atoms with E-state index < -0.39 is 24.1 Å². The predicted molar refractivity (Wildman–Crippen MR) is 72.8 cm³/mol. The number of anilines is 1. The van der Waals surface area contributed by atoms with E-state index in [0.717, 1.165) is 17.4 Å². The number of thiophene rings is 1. The molecule has 1 aromatic heterocycles. The van der Waals surface area contributed by atoms with Gasteiger partial charge in [0, 0.05) is 0 Å². The molecule has 0 saturated carbocycles. The Morgan fingerprint density at radius 3 is 2.67 bits per heavy atom. The van der Waals surface area contributed by atoms with Crippen LogP contribution in [0, 0.1) is 11.3 Å². The molecule has 0 saturated heterocycles. The van der Waals surface area contributed by atoms with Crippen molar-refractivity contribution in [3.63, 3.8) is 0 Å². The number of hydrogen-bond donors (Lipinski definition) is 1. The molecule has 108 valence electrons. The molecular formula is C14H9F3N2OS. The fraction of sp³-hybridized carbons (Fsp3) is 0.143. The van der Waals surface area contributed by atoms with Gasteiger partial charge in [0.25, 0.3) is 0 Å². The van der Waals surface area contributed by atoms with Gasteiger partial charge in [-0.1, -0.05) is 18.2 Å². The van der Waals surface area contributed by atoms with Crippen LogP contribution in [0.4, 0.5) is 18.2 Å². The predicted octanol–water partition coefficient (Wildman–Crippen LogP) is 3.82. The third kappa shape index (κ3) is 3.61. The minimum Gasteiger partial charge on any atom is -0.316 e. The summed E-state index contributed by atoms with van der Waals surface area (Å²) >= 11 is 1.15. The molecular weight excluding hydrogens is 301 g/mol. The Hall–Kier alpha value is -2.33. The number of hydrogen-bond acceptors (Lipinski definition) is 3. The van der Waals surface area contributed by atoms with E-state index in [2.05, 4.69) is 5.32 Å². The van der Waals surface area contributed by atoms with Crippen molar-refractivity contribution in [3.8, 4) is 6.07 Å². The number of halogens is 3. The first-order valence-electron chi connectivity index (χ1n) is 5.84. The number of benzene rings is 1. The Kier molecular flexibility index (Phi) is 4.29. The summed E-state index contributed by atoms with van der Waals surface area (Å²) in [6.07, 6.45) is -4.91. The minimum atomic E-state index is -4.50. The fourth-order valence-corrected chi connectivity index (χ4v) is 2.54. The summed E-state index contributed by atoms with van der Waals surface area (Å²) in [5.41, 5.74) is -0.637. The van der Waals surface area contributed by atoms with Crippen molar-refractivity contribution in [1.82, 2.24) is 0 Å². The monoisotopic (exact) mass is 310 g/mol. The standard InChI is InChI=1S/C14H9F3N2OS/c15-14(16,17)11-4-2-1-3-9(11)7-12(20)19-13-10(8-18)5-6-21-13/h1-6H,7H2,(H,19,20). The van der Waals surface area contributed by atoms with Crippen LogP contribution in [-0.4, -0.2) is 5.91 Å². The van der Waals surface area contributed by atoms with Crippen molar-refractivity contribution in [3.05, 3.63) is 52.4 Å². The van der Waals surface area contributed by atoms with E-state index in [1.165, 1.54) is 24.3 Å². The first-order chi connectivity index (χ1) is 9.91. The smallest absolute Gasteiger partial charge is 0.316 e. The second kappa shape index (κ2) is 5.97. The Morgan fingerprint density at radius 1 is 1.29 bits per heavy atom. The molecule has 0 spiro atoms. The van der Waals surface area contributed by atoms with Crippen LogP contribution in [-0.2, 0) is 17.4 Å². The largest absolute Gasteiger partial charge is 0.416 e. The molecule has 21 heavy (non-hydrogen) atoms. The lowest BCUT2D eigenvalue weighted by atomic mass is 10.0. The zero-order valence-electron chi connectivity index (χ0n) is 10.6. The molecule has 3 nitrogen and oxygen atoms in total. The van der Waals surface area contributed by atoms with E-state index in [4.69, 9.17) is 5.26 Å². The van der Waals surface area contributed by atoms with Gasteiger partial charge in [0.1, 0.15) is 11.1 Å². The summed E-state index contributed by atoms with van der Waals surface area (Å²) in [6, 6.07) is 8.36. The topological polar surface area (TPSA) is 52.9 Å². The first kappa shape index (κ1) is 15.1. The highest BCUT2D eigenvalue weighted by molar-refractivity contribution is 7.14. The molecule has 1 heterocycles. The van der Waals surface area contributed by atoms with Crippen LogP contribution < -0.4 is 5.32 Å². The van der Waals surface area contributed by atoms with Gasteiger partial charge < -0.3 is 5.32 Å². The maximum absolute atomic E-state index is 12.8. The van der Waals surface area contributed by atoms with Crippen LogP contribution in [0.15, 0.2) is 35.7 Å². The van der Waals surface area contributed by atoms with Crippen molar-refractivity contribution < 1.29 is 18.0 Å². The molecule has 0 bridgehead atoms. The molecule has 0 radical (unpaired) electrons. The average molecular weight is 310 g/mol. The summed E-state index contributed by atoms with van der Waals surface area (Å²) in [6.45, 7) is 0. The van der Waals surface area contributed by atoms with Gasteiger partial charge in [-0.2, -0.15) is 18.4 Å². The normalized spacial score (nSPS) is 11.0. The Bertz CT molecular complexity index is 701. The van der Waals surface area contributed by atoms with Crippen molar-refractivity contribution >= 4 is 22.2 Å². The molecule has 1 amide bonds. The van der Waals surface area contributed by atoms with Crippen molar-refractivity contribution in [2.24, 2.45) is 0 Å². The molecule has 2 aromatic rings. The summed E-state index contributed by atoms with van der Waals surface area (Å²) in [5.74, 6) is -0.592. The summed E-state index contributed by atoms with van der Waals surface area (Å²) in [7, 11) is 0. The Balaban J connectivity index is 2.16. The number of nitriles is 1. The Labute approximate surface area is 122 Å². The van der Waals surface area contributed by atoms with Crippen molar-refractivity contribution in [1.29, 1.82) is 5.26 Å². The van der Waals surface area contributed by atoms with E-state index in [9.17, 15) is 18.0 Å². The van der Waals surface area contributed by atoms with E-state index >= 15 is 0 Å². The number of nitrogens with one attached hydrogen (secondary N) is 1. The number of nitrogens with zero attached hydrogens (tertiary/aromatic N) is 1. The molecule has 1 aromatic carbocycles. The lowest BCUT2D eigenvalue weighted by Crippen LogP contribution is -2.17. The SMILES string of the molecule is N#Cc1ccsc1NC(=O)Cc1ccccc1C(F)(F)F. The van der Waals surface area contributed by atoms with Gasteiger partial charge in [0.05, 0.1) is 17.5 Å². The van der Waals surface area contributed by atoms with Gasteiger partial charge in [-0.15, -0.1) is 11.3 Å². The third-order valence-electron chi connectivity index (χ3n) is 2.71. The van der Waals surface area contributed by atoms with Gasteiger partial charge in [-0.25, -0.2) is 0 Å². The second-order valence-corrected chi connectivity index (χ2v) is 5.07. The minimum absolute atomic E-state index is 0.0995. The van der Waals surface area contributed by atoms with E-state index in [1.54, 1.807) is 5.38 Å². The molecule has 1 N–H and O–H groups in total. The maximum Gasteiger partial charge on any atom is 0.416 e. The highest BCUT2D eigenvalue weighted by atomic mass is 32.1. The van der Waals surface area contributed by atoms with Crippen LogP contribution in [0.5, 0.6) is 0 Å². The van der Waals surface area contributed by atoms with Crippen molar-refractivity contribution in [2.45, 2.75) is 12.6 Å². The number of carbonyl (C=O) groups excluding carboxylic acids is 1. The van der Waals surface area contributed by atoms with Crippen LogP contribution in [0.1, 0.15) is 16.7 Å². The summed E-state index contributed by atoms with van der Waals surface area (Å²) < 4.78 is 38.5. The van der Waals surface area contributed by atoms with E-state index in [-0.39, 0.29) is 11.1 Å². The fourth-order valence-electron chi connectivity index (χ4n) is 1.79. The van der Waals surface area contributed by atoms with Crippen molar-refractivity contribution in [2.75, 3.05) is 5.32 Å². The molecule has 0 unspecified atom stereocenters. The van der Waals surface area contributed by atoms with Gasteiger partial charge in [-0.05, 0) is 23.1 Å². The quantitative estimate of drug-likeness (QED) is 0.937. The molecule has 2 rings (SSSR count). The molecule has 0 aliphatic carbocycles. The van der Waals surface area contributed by atoms with Gasteiger partial charge in [0.2, 0.25) is 5.91 Å². The van der Waals surface area contributed by atoms with Crippen LogP contribution in [0.2, 0.25) is 0 Å². The van der Waals surface area contributed by atoms with Crippen LogP contribution >= 0.6 is 11.3 Å². The third-order valence-corrected chi connectivity index (χ3v) is 3.54. The second-order valence-electron chi connectivity index (χ2n) is 4.16. The van der Waals surface area contributed by atoms with Gasteiger partial charge in [-0.3, -0.25) is 4.79 Å². The molecule has 7 heteroatoms. The highest BCUT2D eigenvalue weighted by Crippen LogP contribution is 2.32. The lowest BCUT2D eigenvalue weighted by Gasteiger charge is -2.12. The molecule has 0 aliphatic heterocycles. The maximum atomic E-state index is 12.8. The van der Waals surface area contributed by atoms with Gasteiger partial charge in [0.15, 0.2) is 0 Å². The van der Waals surface area contributed by atoms with Crippen LogP contribution in [0.25, 0.3) is 0 Å². The Morgan fingerprint density at radius 2 is 2.00 bits per heavy atom. The van der Waals surface area contributed by atoms with E-state index in [0.29, 0.717) is 5.00 Å². The summed E-state index contributed by atoms with van der Waals surface area (Å²) in [4.78, 5) is 11.8. The molecule has 0 atom stereocenters. The van der Waals surface area contributed by atoms with Gasteiger partial charge >= 0.3 is 6.18 Å². The zero-order chi connectivity index (χ0) is 15.5.